The first-order chi connectivity index (χ1) is 19.7. The third-order valence-electron chi connectivity index (χ3n) is 9.14. The van der Waals surface area contributed by atoms with Gasteiger partial charge >= 0.3 is 0 Å². The van der Waals surface area contributed by atoms with Crippen LogP contribution in [0.25, 0.3) is 0 Å². The number of rotatable bonds is 6. The Balaban J connectivity index is 1.49. The molecule has 8 heteroatoms. The maximum atomic E-state index is 14.8. The molecule has 41 heavy (non-hydrogen) atoms. The van der Waals surface area contributed by atoms with E-state index in [9.17, 15) is 19.5 Å². The lowest BCUT2D eigenvalue weighted by atomic mass is 9.74. The van der Waals surface area contributed by atoms with Gasteiger partial charge in [-0.25, -0.2) is 0 Å². The van der Waals surface area contributed by atoms with Crippen molar-refractivity contribution in [2.45, 2.75) is 54.9 Å². The van der Waals surface area contributed by atoms with Gasteiger partial charge in [0.25, 0.3) is 0 Å². The van der Waals surface area contributed by atoms with Crippen molar-refractivity contribution in [1.82, 2.24) is 14.7 Å². The highest BCUT2D eigenvalue weighted by molar-refractivity contribution is 8.02. The van der Waals surface area contributed by atoms with Crippen LogP contribution in [0.1, 0.15) is 37.9 Å². The van der Waals surface area contributed by atoms with Crippen LogP contribution in [0.3, 0.4) is 0 Å². The Morgan fingerprint density at radius 2 is 1.54 bits per heavy atom. The zero-order valence-corrected chi connectivity index (χ0v) is 24.5. The SMILES string of the molecule is CC(C)N1CC=C[C@]23S[C@]4(C)C=CCN(Cc5ccccc5)C(=O)[C@@H]4[C@H]2C(=O)N([C@H](CO)c2ccccc2)C3C1=O. The molecule has 3 amide bonds. The Morgan fingerprint density at radius 1 is 0.878 bits per heavy atom. The molecule has 1 spiro atoms. The standard InChI is InChI=1S/C33H37N3O4S/c1-22(2)35-19-11-17-33-27(30(39)36(28(33)31(35)40)25(21-37)24-14-8-5-9-15-24)26-29(38)34(18-10-16-32(26,3)41-33)20-23-12-6-4-7-13-23/h4-17,22,25-28,37H,18-21H2,1-3H3/t25-,26+,27+,28?,32-,33+/m1/s1. The molecule has 2 saturated heterocycles. The molecule has 4 aliphatic rings. The van der Waals surface area contributed by atoms with Gasteiger partial charge in [0.05, 0.1) is 29.2 Å². The van der Waals surface area contributed by atoms with Crippen LogP contribution < -0.4 is 0 Å². The summed E-state index contributed by atoms with van der Waals surface area (Å²) >= 11 is 1.57. The molecule has 214 valence electrons. The zero-order valence-electron chi connectivity index (χ0n) is 23.7. The van der Waals surface area contributed by atoms with Crippen molar-refractivity contribution in [2.75, 3.05) is 19.7 Å². The number of nitrogens with zero attached hydrogens (tertiary/aromatic N) is 3. The molecule has 1 unspecified atom stereocenters. The van der Waals surface area contributed by atoms with Gasteiger partial charge in [-0.15, -0.1) is 11.8 Å². The summed E-state index contributed by atoms with van der Waals surface area (Å²) in [7, 11) is 0. The van der Waals surface area contributed by atoms with Gasteiger partial charge in [-0.3, -0.25) is 14.4 Å². The molecule has 1 N–H and O–H groups in total. The first-order valence-corrected chi connectivity index (χ1v) is 15.2. The minimum atomic E-state index is -0.949. The molecule has 4 aliphatic heterocycles. The summed E-state index contributed by atoms with van der Waals surface area (Å²) in [6, 6.07) is 17.6. The molecule has 0 aromatic heterocycles. The van der Waals surface area contributed by atoms with E-state index in [-0.39, 0.29) is 30.4 Å². The van der Waals surface area contributed by atoms with Crippen LogP contribution in [0.15, 0.2) is 85.0 Å². The van der Waals surface area contributed by atoms with E-state index in [0.29, 0.717) is 19.6 Å². The molecular weight excluding hydrogens is 534 g/mol. The summed E-state index contributed by atoms with van der Waals surface area (Å²) in [5.74, 6) is -1.86. The minimum Gasteiger partial charge on any atom is -0.394 e. The maximum Gasteiger partial charge on any atom is 0.247 e. The third-order valence-corrected chi connectivity index (χ3v) is 10.9. The van der Waals surface area contributed by atoms with Crippen LogP contribution in [0, 0.1) is 11.8 Å². The highest BCUT2D eigenvalue weighted by Crippen LogP contribution is 2.66. The fourth-order valence-electron chi connectivity index (χ4n) is 7.30. The lowest BCUT2D eigenvalue weighted by Crippen LogP contribution is -2.55. The molecule has 0 aliphatic carbocycles. The van der Waals surface area contributed by atoms with E-state index in [4.69, 9.17) is 0 Å². The summed E-state index contributed by atoms with van der Waals surface area (Å²) in [6.07, 6.45) is 8.14. The van der Waals surface area contributed by atoms with Gasteiger partial charge in [-0.05, 0) is 31.9 Å². The lowest BCUT2D eigenvalue weighted by molar-refractivity contribution is -0.148. The number of benzene rings is 2. The third kappa shape index (κ3) is 4.34. The molecule has 2 fully saturated rings. The van der Waals surface area contributed by atoms with Gasteiger partial charge in [-0.1, -0.05) is 85.0 Å². The second-order valence-electron chi connectivity index (χ2n) is 11.9. The number of amides is 3. The smallest absolute Gasteiger partial charge is 0.247 e. The van der Waals surface area contributed by atoms with Crippen LogP contribution in [0.4, 0.5) is 0 Å². The lowest BCUT2D eigenvalue weighted by Gasteiger charge is -2.40. The summed E-state index contributed by atoms with van der Waals surface area (Å²) in [6.45, 7) is 7.00. The van der Waals surface area contributed by atoms with Crippen molar-refractivity contribution in [2.24, 2.45) is 11.8 Å². The number of carbonyl (C=O) groups excluding carboxylic acids is 3. The number of carbonyl (C=O) groups is 3. The van der Waals surface area contributed by atoms with Gasteiger partial charge in [0.1, 0.15) is 6.04 Å². The fourth-order valence-corrected chi connectivity index (χ4v) is 9.45. The molecular formula is C33H37N3O4S. The second kappa shape index (κ2) is 10.5. The van der Waals surface area contributed by atoms with Gasteiger partial charge in [0.15, 0.2) is 0 Å². The highest BCUT2D eigenvalue weighted by Gasteiger charge is 2.74. The Bertz CT molecular complexity index is 1400. The Kier molecular flexibility index (Phi) is 7.10. The molecule has 0 saturated carbocycles. The van der Waals surface area contributed by atoms with E-state index < -0.39 is 33.4 Å². The van der Waals surface area contributed by atoms with E-state index in [2.05, 4.69) is 6.08 Å². The number of likely N-dealkylation sites (tertiary alicyclic amines) is 1. The fraction of sp³-hybridized carbons (Fsp3) is 0.424. The predicted octanol–water partition coefficient (Wildman–Crippen LogP) is 3.81. The van der Waals surface area contributed by atoms with Gasteiger partial charge < -0.3 is 19.8 Å². The Morgan fingerprint density at radius 3 is 2.20 bits per heavy atom. The summed E-state index contributed by atoms with van der Waals surface area (Å²) in [4.78, 5) is 49.0. The van der Waals surface area contributed by atoms with Crippen LogP contribution in [0.2, 0.25) is 0 Å². The van der Waals surface area contributed by atoms with Gasteiger partial charge in [0.2, 0.25) is 17.7 Å². The normalized spacial score (nSPS) is 31.7. The Hall–Kier alpha value is -3.36. The van der Waals surface area contributed by atoms with Crippen LogP contribution >= 0.6 is 11.8 Å². The average Bonchev–Trinajstić information content (AvgIpc) is 3.23. The quantitative estimate of drug-likeness (QED) is 0.534. The van der Waals surface area contributed by atoms with Crippen molar-refractivity contribution < 1.29 is 19.5 Å². The van der Waals surface area contributed by atoms with E-state index in [1.54, 1.807) is 21.6 Å². The minimum absolute atomic E-state index is 0.0713. The Labute approximate surface area is 245 Å². The number of aliphatic hydroxyl groups is 1. The summed E-state index contributed by atoms with van der Waals surface area (Å²) in [5, 5.41) is 10.7. The molecule has 0 radical (unpaired) electrons. The van der Waals surface area contributed by atoms with Crippen molar-refractivity contribution in [1.29, 1.82) is 0 Å². The number of thioether (sulfide) groups is 1. The van der Waals surface area contributed by atoms with Crippen molar-refractivity contribution in [3.8, 4) is 0 Å². The molecule has 2 aromatic rings. The first-order valence-electron chi connectivity index (χ1n) is 14.4. The monoisotopic (exact) mass is 571 g/mol. The largest absolute Gasteiger partial charge is 0.394 e. The van der Waals surface area contributed by atoms with Crippen LogP contribution in [-0.2, 0) is 20.9 Å². The van der Waals surface area contributed by atoms with Crippen LogP contribution in [-0.4, -0.2) is 78.8 Å². The van der Waals surface area contributed by atoms with Gasteiger partial charge in [0, 0.05) is 30.4 Å². The topological polar surface area (TPSA) is 81.2 Å². The number of hydrogen-bond donors (Lipinski definition) is 1. The van der Waals surface area contributed by atoms with E-state index in [1.165, 1.54) is 0 Å². The van der Waals surface area contributed by atoms with Crippen LogP contribution in [0.5, 0.6) is 0 Å². The predicted molar refractivity (Wildman–Crippen MR) is 160 cm³/mol. The molecule has 6 rings (SSSR count). The summed E-state index contributed by atoms with van der Waals surface area (Å²) in [5.41, 5.74) is 1.79. The second-order valence-corrected chi connectivity index (χ2v) is 13.7. The average molecular weight is 572 g/mol. The maximum absolute atomic E-state index is 14.8. The van der Waals surface area contributed by atoms with Crippen molar-refractivity contribution in [3.05, 3.63) is 96.1 Å². The number of fused-ring (bicyclic) bond motifs is 2. The highest BCUT2D eigenvalue weighted by atomic mass is 32.2. The van der Waals surface area contributed by atoms with Crippen molar-refractivity contribution >= 4 is 29.5 Å². The van der Waals surface area contributed by atoms with E-state index in [0.717, 1.165) is 11.1 Å². The molecule has 7 nitrogen and oxygen atoms in total. The molecule has 0 bridgehead atoms. The molecule has 6 atom stereocenters. The molecule has 4 heterocycles. The first kappa shape index (κ1) is 27.8. The zero-order chi connectivity index (χ0) is 28.9. The van der Waals surface area contributed by atoms with Crippen molar-refractivity contribution in [3.63, 3.8) is 0 Å². The van der Waals surface area contributed by atoms with E-state index >= 15 is 0 Å². The van der Waals surface area contributed by atoms with E-state index in [1.807, 2.05) is 105 Å². The molecule has 2 aromatic carbocycles. The number of aliphatic hydroxyl groups excluding tert-OH is 1. The summed E-state index contributed by atoms with van der Waals surface area (Å²) < 4.78 is -1.62. The van der Waals surface area contributed by atoms with Gasteiger partial charge in [-0.2, -0.15) is 0 Å². The number of hydrogen-bond acceptors (Lipinski definition) is 5.